The van der Waals surface area contributed by atoms with Gasteiger partial charge in [-0.3, -0.25) is 0 Å². The lowest BCUT2D eigenvalue weighted by atomic mass is 9.85. The molecule has 2 nitrogen and oxygen atoms in total. The fourth-order valence-corrected chi connectivity index (χ4v) is 3.29. The Kier molecular flexibility index (Phi) is 3.33. The van der Waals surface area contributed by atoms with Crippen molar-refractivity contribution in [2.24, 2.45) is 0 Å². The van der Waals surface area contributed by atoms with Gasteiger partial charge in [-0.05, 0) is 45.3 Å². The molecule has 0 aliphatic heterocycles. The van der Waals surface area contributed by atoms with Crippen LogP contribution in [0, 0.1) is 11.3 Å². The number of hydrogen-bond acceptors (Lipinski definition) is 2. The van der Waals surface area contributed by atoms with Gasteiger partial charge >= 0.3 is 0 Å². The highest BCUT2D eigenvalue weighted by atomic mass is 28.4. The van der Waals surface area contributed by atoms with Gasteiger partial charge in [-0.1, -0.05) is 0 Å². The highest BCUT2D eigenvalue weighted by Crippen LogP contribution is 2.34. The zero-order valence-electron chi connectivity index (χ0n) is 9.14. The van der Waals surface area contributed by atoms with Gasteiger partial charge in [-0.25, -0.2) is 4.39 Å². The van der Waals surface area contributed by atoms with Crippen LogP contribution in [0.25, 0.3) is 0 Å². The van der Waals surface area contributed by atoms with Gasteiger partial charge in [0.25, 0.3) is 0 Å². The van der Waals surface area contributed by atoms with Crippen molar-refractivity contribution in [1.82, 2.24) is 0 Å². The molecule has 0 amide bonds. The fourth-order valence-electron chi connectivity index (χ4n) is 1.87. The molecule has 0 N–H and O–H groups in total. The third-order valence-electron chi connectivity index (χ3n) is 2.43. The van der Waals surface area contributed by atoms with E-state index >= 15 is 0 Å². The van der Waals surface area contributed by atoms with Gasteiger partial charge in [0.15, 0.2) is 8.32 Å². The maximum Gasteiger partial charge on any atom is 0.185 e. The summed E-state index contributed by atoms with van der Waals surface area (Å²) in [4.78, 5) is 0. The molecule has 1 saturated carbocycles. The summed E-state index contributed by atoms with van der Waals surface area (Å²) in [6.45, 7) is 6.19. The van der Waals surface area contributed by atoms with Crippen molar-refractivity contribution >= 4 is 8.32 Å². The lowest BCUT2D eigenvalue weighted by Crippen LogP contribution is -2.44. The van der Waals surface area contributed by atoms with Gasteiger partial charge in [-0.2, -0.15) is 5.26 Å². The smallest absolute Gasteiger partial charge is 0.185 e. The van der Waals surface area contributed by atoms with Crippen molar-refractivity contribution < 1.29 is 8.82 Å². The van der Waals surface area contributed by atoms with Gasteiger partial charge in [-0.15, -0.1) is 0 Å². The summed E-state index contributed by atoms with van der Waals surface area (Å²) in [5.41, 5.74) is -0.687. The van der Waals surface area contributed by atoms with Crippen LogP contribution in [0.15, 0.2) is 0 Å². The topological polar surface area (TPSA) is 33.0 Å². The molecule has 1 aliphatic rings. The third kappa shape index (κ3) is 3.07. The van der Waals surface area contributed by atoms with Gasteiger partial charge in [0.1, 0.15) is 11.8 Å². The maximum atomic E-state index is 12.9. The minimum absolute atomic E-state index is 0.470. The summed E-state index contributed by atoms with van der Waals surface area (Å²) in [7, 11) is -1.70. The predicted octanol–water partition coefficient (Wildman–Crippen LogP) is 3.01. The first-order valence-corrected chi connectivity index (χ1v) is 8.53. The summed E-state index contributed by atoms with van der Waals surface area (Å²) < 4.78 is 18.8. The van der Waals surface area contributed by atoms with Crippen LogP contribution < -0.4 is 0 Å². The molecule has 1 rings (SSSR count). The first-order chi connectivity index (χ1) is 6.37. The minimum atomic E-state index is -1.70. The quantitative estimate of drug-likeness (QED) is 0.663. The molecular formula is C10H18FNOSi. The number of halogens is 1. The highest BCUT2D eigenvalue weighted by Gasteiger charge is 2.39. The molecule has 0 heterocycles. The molecular weight excluding hydrogens is 197 g/mol. The van der Waals surface area contributed by atoms with E-state index in [1.165, 1.54) is 0 Å². The van der Waals surface area contributed by atoms with E-state index in [0.717, 1.165) is 0 Å². The van der Waals surface area contributed by atoms with Crippen LogP contribution in [0.1, 0.15) is 25.7 Å². The van der Waals surface area contributed by atoms with E-state index in [2.05, 4.69) is 25.7 Å². The molecule has 0 unspecified atom stereocenters. The molecule has 1 aliphatic carbocycles. The number of nitriles is 1. The summed E-state index contributed by atoms with van der Waals surface area (Å²) >= 11 is 0. The SMILES string of the molecule is C[Si](C)(C)O[C@]1(C#N)CC[C@@H](F)CC1. The highest BCUT2D eigenvalue weighted by molar-refractivity contribution is 6.69. The van der Waals surface area contributed by atoms with Crippen molar-refractivity contribution in [1.29, 1.82) is 5.26 Å². The second-order valence-electron chi connectivity index (χ2n) is 5.00. The van der Waals surface area contributed by atoms with Crippen molar-refractivity contribution in [3.05, 3.63) is 0 Å². The Morgan fingerprint density at radius 2 is 1.86 bits per heavy atom. The Bertz CT molecular complexity index is 235. The summed E-state index contributed by atoms with van der Waals surface area (Å²) in [6.07, 6.45) is 1.31. The molecule has 0 aromatic carbocycles. The minimum Gasteiger partial charge on any atom is -0.400 e. The molecule has 0 atom stereocenters. The fraction of sp³-hybridized carbons (Fsp3) is 0.900. The molecule has 0 saturated heterocycles. The summed E-state index contributed by atoms with van der Waals surface area (Å²) in [6, 6.07) is 2.24. The molecule has 0 aromatic heterocycles. The number of hydrogen-bond donors (Lipinski definition) is 0. The molecule has 0 radical (unpaired) electrons. The predicted molar refractivity (Wildman–Crippen MR) is 56.1 cm³/mol. The summed E-state index contributed by atoms with van der Waals surface area (Å²) in [5, 5.41) is 9.12. The van der Waals surface area contributed by atoms with Gasteiger partial charge < -0.3 is 4.43 Å². The van der Waals surface area contributed by atoms with Crippen molar-refractivity contribution in [2.45, 2.75) is 57.1 Å². The monoisotopic (exact) mass is 215 g/mol. The van der Waals surface area contributed by atoms with Crippen molar-refractivity contribution in [2.75, 3.05) is 0 Å². The number of nitrogens with zero attached hydrogens (tertiary/aromatic N) is 1. The Labute approximate surface area is 86.2 Å². The molecule has 1 fully saturated rings. The Morgan fingerprint density at radius 1 is 1.36 bits per heavy atom. The van der Waals surface area contributed by atoms with E-state index in [1.807, 2.05) is 0 Å². The Morgan fingerprint density at radius 3 is 2.21 bits per heavy atom. The van der Waals surface area contributed by atoms with E-state index in [1.54, 1.807) is 0 Å². The summed E-state index contributed by atoms with van der Waals surface area (Å²) in [5.74, 6) is 0. The van der Waals surface area contributed by atoms with Crippen LogP contribution >= 0.6 is 0 Å². The van der Waals surface area contributed by atoms with E-state index in [0.29, 0.717) is 25.7 Å². The first kappa shape index (κ1) is 11.7. The standard InChI is InChI=1S/C10H18FNOSi/c1-14(2,3)13-10(8-12)6-4-9(11)5-7-10/h9H,4-7H2,1-3H3/t9-,10-. The van der Waals surface area contributed by atoms with Crippen LogP contribution in [0.4, 0.5) is 4.39 Å². The molecule has 0 bridgehead atoms. The van der Waals surface area contributed by atoms with E-state index in [4.69, 9.17) is 9.69 Å². The van der Waals surface area contributed by atoms with Crippen molar-refractivity contribution in [3.8, 4) is 6.07 Å². The number of rotatable bonds is 2. The van der Waals surface area contributed by atoms with Crippen LogP contribution in [-0.2, 0) is 4.43 Å². The van der Waals surface area contributed by atoms with Crippen LogP contribution in [0.2, 0.25) is 19.6 Å². The van der Waals surface area contributed by atoms with Crippen LogP contribution in [0.5, 0.6) is 0 Å². The van der Waals surface area contributed by atoms with Crippen LogP contribution in [0.3, 0.4) is 0 Å². The Hall–Kier alpha value is -0.403. The first-order valence-electron chi connectivity index (χ1n) is 5.12. The maximum absolute atomic E-state index is 12.9. The lowest BCUT2D eigenvalue weighted by Gasteiger charge is -2.37. The average Bonchev–Trinajstić information content (AvgIpc) is 2.07. The number of alkyl halides is 1. The third-order valence-corrected chi connectivity index (χ3v) is 3.43. The molecule has 80 valence electrons. The zero-order chi connectivity index (χ0) is 10.8. The molecule has 0 spiro atoms. The largest absolute Gasteiger partial charge is 0.400 e. The molecule has 14 heavy (non-hydrogen) atoms. The normalized spacial score (nSPS) is 33.8. The van der Waals surface area contributed by atoms with Gasteiger partial charge in [0.2, 0.25) is 0 Å². The van der Waals surface area contributed by atoms with E-state index in [9.17, 15) is 4.39 Å². The van der Waals surface area contributed by atoms with Gasteiger partial charge in [0.05, 0.1) is 6.07 Å². The van der Waals surface area contributed by atoms with E-state index in [-0.39, 0.29) is 0 Å². The van der Waals surface area contributed by atoms with Crippen LogP contribution in [-0.4, -0.2) is 20.1 Å². The zero-order valence-corrected chi connectivity index (χ0v) is 10.1. The lowest BCUT2D eigenvalue weighted by molar-refractivity contribution is 0.0496. The second kappa shape index (κ2) is 3.99. The van der Waals surface area contributed by atoms with Crippen molar-refractivity contribution in [3.63, 3.8) is 0 Å². The average molecular weight is 215 g/mol. The Balaban J connectivity index is 2.65. The second-order valence-corrected chi connectivity index (χ2v) is 9.42. The van der Waals surface area contributed by atoms with E-state index < -0.39 is 20.1 Å². The molecule has 4 heteroatoms. The molecule has 0 aromatic rings. The van der Waals surface area contributed by atoms with Gasteiger partial charge in [0, 0.05) is 0 Å².